The van der Waals surface area contributed by atoms with Crippen LogP contribution >= 0.6 is 23.2 Å². The molecule has 0 fully saturated rings. The molecule has 0 aliphatic heterocycles. The van der Waals surface area contributed by atoms with Crippen LogP contribution < -0.4 is 10.4 Å². The smallest absolute Gasteiger partial charge is 0.449 e. The maximum absolute atomic E-state index is 13.2. The number of aliphatic hydroxyl groups is 1. The van der Waals surface area contributed by atoms with Crippen molar-refractivity contribution < 1.29 is 32.9 Å². The Morgan fingerprint density at radius 3 is 2.34 bits per heavy atom. The summed E-state index contributed by atoms with van der Waals surface area (Å²) in [5.41, 5.74) is 0.627. The summed E-state index contributed by atoms with van der Waals surface area (Å²) in [5, 5.41) is 23.7. The lowest BCUT2D eigenvalue weighted by Crippen LogP contribution is -2.37. The maximum Gasteiger partial charge on any atom is 0.511 e. The summed E-state index contributed by atoms with van der Waals surface area (Å²) >= 11 is 12.2. The van der Waals surface area contributed by atoms with Crippen molar-refractivity contribution in [2.75, 3.05) is 0 Å². The Balaban J connectivity index is 1.79. The van der Waals surface area contributed by atoms with Gasteiger partial charge in [-0.05, 0) is 48.0 Å². The Morgan fingerprint density at radius 1 is 1.03 bits per heavy atom. The van der Waals surface area contributed by atoms with Crippen LogP contribution in [0.3, 0.4) is 0 Å². The van der Waals surface area contributed by atoms with Gasteiger partial charge in [-0.2, -0.15) is 13.2 Å². The number of aliphatic hydroxyl groups excluding tert-OH is 1. The lowest BCUT2D eigenvalue weighted by molar-refractivity contribution is -0.207. The molecule has 0 radical (unpaired) electrons. The standard InChI is InChI=1S/C25H18Cl2F3N3O5/c26-16-8-6-15(7-9-16)22-31-33(23(35)32(22)13-21(34)25(28,29)30)12-14-5-10-20(38-24(36)37)18(11-14)17-3-1-2-4-19(17)27/h1-11,21,34H,12-13H2,(H,36,37)/t21-/m0/s1. The van der Waals surface area contributed by atoms with Crippen LogP contribution in [0.5, 0.6) is 5.75 Å². The summed E-state index contributed by atoms with van der Waals surface area (Å²) in [5.74, 6) is -0.116. The monoisotopic (exact) mass is 567 g/mol. The van der Waals surface area contributed by atoms with Crippen molar-refractivity contribution in [2.45, 2.75) is 25.4 Å². The average molecular weight is 568 g/mol. The van der Waals surface area contributed by atoms with Gasteiger partial charge >= 0.3 is 18.0 Å². The van der Waals surface area contributed by atoms with Crippen LogP contribution in [0.15, 0.2) is 71.5 Å². The van der Waals surface area contributed by atoms with Crippen LogP contribution in [0.2, 0.25) is 10.0 Å². The highest BCUT2D eigenvalue weighted by Crippen LogP contribution is 2.36. The Bertz CT molecular complexity index is 1530. The molecule has 0 spiro atoms. The number of hydrogen-bond acceptors (Lipinski definition) is 5. The third-order valence-corrected chi connectivity index (χ3v) is 6.08. The number of carbonyl (C=O) groups is 1. The molecule has 0 saturated heterocycles. The number of carboxylic acid groups (broad SMARTS) is 1. The number of ether oxygens (including phenoxy) is 1. The van der Waals surface area contributed by atoms with Gasteiger partial charge in [0.1, 0.15) is 5.75 Å². The highest BCUT2D eigenvalue weighted by Gasteiger charge is 2.39. The fraction of sp³-hybridized carbons (Fsp3) is 0.160. The molecule has 1 aromatic heterocycles. The second-order valence-electron chi connectivity index (χ2n) is 8.12. The minimum Gasteiger partial charge on any atom is -0.449 e. The van der Waals surface area contributed by atoms with Gasteiger partial charge in [0.15, 0.2) is 11.9 Å². The van der Waals surface area contributed by atoms with E-state index in [1.54, 1.807) is 24.3 Å². The molecule has 1 heterocycles. The molecule has 8 nitrogen and oxygen atoms in total. The molecule has 0 amide bonds. The van der Waals surface area contributed by atoms with E-state index in [2.05, 4.69) is 5.10 Å². The second-order valence-corrected chi connectivity index (χ2v) is 8.96. The fourth-order valence-electron chi connectivity index (χ4n) is 3.72. The summed E-state index contributed by atoms with van der Waals surface area (Å²) < 4.78 is 45.8. The third-order valence-electron chi connectivity index (χ3n) is 5.50. The van der Waals surface area contributed by atoms with Gasteiger partial charge in [0.2, 0.25) is 0 Å². The molecule has 0 saturated carbocycles. The molecule has 0 aliphatic rings. The number of benzene rings is 3. The Kier molecular flexibility index (Phi) is 7.81. The van der Waals surface area contributed by atoms with Crippen LogP contribution in [0.4, 0.5) is 18.0 Å². The zero-order valence-electron chi connectivity index (χ0n) is 19.2. The summed E-state index contributed by atoms with van der Waals surface area (Å²) in [6, 6.07) is 17.0. The van der Waals surface area contributed by atoms with Gasteiger partial charge in [-0.1, -0.05) is 47.5 Å². The zero-order valence-corrected chi connectivity index (χ0v) is 20.7. The molecule has 38 heavy (non-hydrogen) atoms. The molecule has 4 aromatic rings. The van der Waals surface area contributed by atoms with Crippen molar-refractivity contribution in [2.24, 2.45) is 0 Å². The zero-order chi connectivity index (χ0) is 27.6. The number of nitrogens with zero attached hydrogens (tertiary/aromatic N) is 3. The van der Waals surface area contributed by atoms with Crippen molar-refractivity contribution in [1.82, 2.24) is 14.3 Å². The molecule has 4 rings (SSSR count). The quantitative estimate of drug-likeness (QED) is 0.219. The van der Waals surface area contributed by atoms with E-state index in [4.69, 9.17) is 33.0 Å². The first-order valence-electron chi connectivity index (χ1n) is 10.9. The molecule has 2 N–H and O–H groups in total. The van der Waals surface area contributed by atoms with Crippen LogP contribution in [-0.4, -0.2) is 43.0 Å². The molecule has 0 bridgehead atoms. The Labute approximate surface area is 223 Å². The minimum absolute atomic E-state index is 0.0117. The first-order valence-corrected chi connectivity index (χ1v) is 11.7. The normalized spacial score (nSPS) is 12.4. The van der Waals surface area contributed by atoms with Crippen LogP contribution in [0.1, 0.15) is 5.56 Å². The van der Waals surface area contributed by atoms with Crippen molar-refractivity contribution >= 4 is 29.4 Å². The topological polar surface area (TPSA) is 107 Å². The van der Waals surface area contributed by atoms with E-state index in [1.807, 2.05) is 0 Å². The van der Waals surface area contributed by atoms with Gasteiger partial charge < -0.3 is 14.9 Å². The van der Waals surface area contributed by atoms with Gasteiger partial charge in [-0.25, -0.2) is 14.3 Å². The number of hydrogen-bond donors (Lipinski definition) is 2. The minimum atomic E-state index is -4.96. The number of rotatable bonds is 7. The number of halogens is 5. The molecule has 198 valence electrons. The predicted octanol–water partition coefficient (Wildman–Crippen LogP) is 5.71. The van der Waals surface area contributed by atoms with Crippen molar-refractivity contribution in [1.29, 1.82) is 0 Å². The van der Waals surface area contributed by atoms with Gasteiger partial charge in [-0.3, -0.25) is 4.57 Å². The van der Waals surface area contributed by atoms with Crippen molar-refractivity contribution in [3.63, 3.8) is 0 Å². The van der Waals surface area contributed by atoms with E-state index < -0.39 is 30.7 Å². The van der Waals surface area contributed by atoms with Gasteiger partial charge in [0.05, 0.1) is 13.1 Å². The average Bonchev–Trinajstić information content (AvgIpc) is 3.15. The van der Waals surface area contributed by atoms with Crippen LogP contribution in [0, 0.1) is 0 Å². The lowest BCUT2D eigenvalue weighted by Gasteiger charge is -2.15. The fourth-order valence-corrected chi connectivity index (χ4v) is 4.08. The summed E-state index contributed by atoms with van der Waals surface area (Å²) in [7, 11) is 0. The van der Waals surface area contributed by atoms with Crippen LogP contribution in [-0.2, 0) is 13.1 Å². The van der Waals surface area contributed by atoms with Crippen molar-refractivity contribution in [3.8, 4) is 28.3 Å². The van der Waals surface area contributed by atoms with Crippen LogP contribution in [0.25, 0.3) is 22.5 Å². The molecular formula is C25H18Cl2F3N3O5. The Hall–Kier alpha value is -3.80. The van der Waals surface area contributed by atoms with E-state index in [0.717, 1.165) is 9.25 Å². The molecule has 13 heteroatoms. The highest BCUT2D eigenvalue weighted by atomic mass is 35.5. The van der Waals surface area contributed by atoms with E-state index in [0.29, 0.717) is 32.3 Å². The molecular weight excluding hydrogens is 550 g/mol. The molecule has 1 atom stereocenters. The lowest BCUT2D eigenvalue weighted by atomic mass is 10.0. The molecule has 0 unspecified atom stereocenters. The molecule has 0 aliphatic carbocycles. The largest absolute Gasteiger partial charge is 0.511 e. The summed E-state index contributed by atoms with van der Waals surface area (Å²) in [4.78, 5) is 24.3. The maximum atomic E-state index is 13.2. The third kappa shape index (κ3) is 6.01. The van der Waals surface area contributed by atoms with Gasteiger partial charge in [-0.15, -0.1) is 5.10 Å². The van der Waals surface area contributed by atoms with Crippen molar-refractivity contribution in [3.05, 3.63) is 92.8 Å². The predicted molar refractivity (Wildman–Crippen MR) is 134 cm³/mol. The Morgan fingerprint density at radius 2 is 1.71 bits per heavy atom. The summed E-state index contributed by atoms with van der Waals surface area (Å²) in [6.07, 6.45) is -9.30. The van der Waals surface area contributed by atoms with Gasteiger partial charge in [0.25, 0.3) is 0 Å². The van der Waals surface area contributed by atoms with E-state index in [1.165, 1.54) is 42.5 Å². The van der Waals surface area contributed by atoms with E-state index in [9.17, 15) is 27.9 Å². The first-order chi connectivity index (χ1) is 17.9. The highest BCUT2D eigenvalue weighted by molar-refractivity contribution is 6.33. The van der Waals surface area contributed by atoms with Gasteiger partial charge in [0, 0.05) is 26.7 Å². The number of aromatic nitrogens is 3. The second kappa shape index (κ2) is 10.9. The first kappa shape index (κ1) is 27.2. The van der Waals surface area contributed by atoms with E-state index >= 15 is 0 Å². The summed E-state index contributed by atoms with van der Waals surface area (Å²) in [6.45, 7) is -1.27. The number of alkyl halides is 3. The SMILES string of the molecule is O=C(O)Oc1ccc(Cn2nc(-c3ccc(Cl)cc3)n(C[C@H](O)C(F)(F)F)c2=O)cc1-c1ccccc1Cl. The van der Waals surface area contributed by atoms with E-state index in [-0.39, 0.29) is 18.1 Å². The molecule has 3 aromatic carbocycles.